The van der Waals surface area contributed by atoms with E-state index in [-0.39, 0.29) is 17.2 Å². The SMILES string of the molecule is O=C(NCCC1CCCCC1)c1ccc(F)cc1O. The Labute approximate surface area is 112 Å². The zero-order valence-electron chi connectivity index (χ0n) is 11.0. The Morgan fingerprint density at radius 1 is 1.32 bits per heavy atom. The van der Waals surface area contributed by atoms with Gasteiger partial charge in [-0.25, -0.2) is 4.39 Å². The molecule has 0 aliphatic heterocycles. The number of amides is 1. The van der Waals surface area contributed by atoms with Crippen LogP contribution in [-0.4, -0.2) is 17.6 Å². The Balaban J connectivity index is 1.80. The van der Waals surface area contributed by atoms with Crippen molar-refractivity contribution >= 4 is 5.91 Å². The summed E-state index contributed by atoms with van der Waals surface area (Å²) in [5, 5.41) is 12.3. The first-order valence-electron chi connectivity index (χ1n) is 6.93. The van der Waals surface area contributed by atoms with Crippen LogP contribution < -0.4 is 5.32 Å². The molecule has 0 bridgehead atoms. The number of nitrogens with one attached hydrogen (secondary N) is 1. The fraction of sp³-hybridized carbons (Fsp3) is 0.533. The lowest BCUT2D eigenvalue weighted by atomic mass is 9.87. The van der Waals surface area contributed by atoms with E-state index in [0.717, 1.165) is 12.5 Å². The van der Waals surface area contributed by atoms with E-state index in [1.54, 1.807) is 0 Å². The zero-order chi connectivity index (χ0) is 13.7. The van der Waals surface area contributed by atoms with Gasteiger partial charge in [0, 0.05) is 12.6 Å². The van der Waals surface area contributed by atoms with E-state index in [9.17, 15) is 14.3 Å². The largest absolute Gasteiger partial charge is 0.507 e. The molecule has 0 aromatic heterocycles. The van der Waals surface area contributed by atoms with E-state index >= 15 is 0 Å². The van der Waals surface area contributed by atoms with Crippen molar-refractivity contribution in [3.05, 3.63) is 29.6 Å². The second-order valence-electron chi connectivity index (χ2n) is 5.21. The summed E-state index contributed by atoms with van der Waals surface area (Å²) in [4.78, 5) is 11.8. The number of carbonyl (C=O) groups is 1. The molecule has 1 fully saturated rings. The number of benzene rings is 1. The van der Waals surface area contributed by atoms with Crippen LogP contribution in [0.1, 0.15) is 48.9 Å². The second-order valence-corrected chi connectivity index (χ2v) is 5.21. The van der Waals surface area contributed by atoms with Gasteiger partial charge >= 0.3 is 0 Å². The van der Waals surface area contributed by atoms with Crippen LogP contribution in [0.5, 0.6) is 5.75 Å². The molecule has 1 amide bonds. The molecule has 1 aromatic rings. The van der Waals surface area contributed by atoms with E-state index in [2.05, 4.69) is 5.32 Å². The van der Waals surface area contributed by atoms with Crippen molar-refractivity contribution in [1.82, 2.24) is 5.32 Å². The number of carbonyl (C=O) groups excluding carboxylic acids is 1. The first kappa shape index (κ1) is 13.8. The van der Waals surface area contributed by atoms with Gasteiger partial charge in [-0.3, -0.25) is 4.79 Å². The molecule has 0 atom stereocenters. The van der Waals surface area contributed by atoms with Crippen molar-refractivity contribution in [2.45, 2.75) is 38.5 Å². The highest BCUT2D eigenvalue weighted by atomic mass is 19.1. The monoisotopic (exact) mass is 265 g/mol. The van der Waals surface area contributed by atoms with Crippen LogP contribution in [-0.2, 0) is 0 Å². The molecular weight excluding hydrogens is 245 g/mol. The molecule has 0 saturated heterocycles. The van der Waals surface area contributed by atoms with Crippen molar-refractivity contribution in [1.29, 1.82) is 0 Å². The minimum Gasteiger partial charge on any atom is -0.507 e. The molecule has 1 aliphatic carbocycles. The Kier molecular flexibility index (Phi) is 4.77. The number of phenolic OH excluding ortho intramolecular Hbond substituents is 1. The summed E-state index contributed by atoms with van der Waals surface area (Å²) in [6, 6.07) is 3.44. The van der Waals surface area contributed by atoms with E-state index in [4.69, 9.17) is 0 Å². The summed E-state index contributed by atoms with van der Waals surface area (Å²) in [6.07, 6.45) is 7.38. The fourth-order valence-corrected chi connectivity index (χ4v) is 2.66. The molecule has 2 rings (SSSR count). The summed E-state index contributed by atoms with van der Waals surface area (Å²) in [7, 11) is 0. The summed E-state index contributed by atoms with van der Waals surface area (Å²) in [6.45, 7) is 0.611. The summed E-state index contributed by atoms with van der Waals surface area (Å²) in [5.41, 5.74) is 0.130. The third kappa shape index (κ3) is 3.94. The minimum absolute atomic E-state index is 0.130. The highest BCUT2D eigenvalue weighted by Gasteiger charge is 2.15. The number of hydrogen-bond donors (Lipinski definition) is 2. The van der Waals surface area contributed by atoms with Crippen LogP contribution in [0.25, 0.3) is 0 Å². The molecule has 1 aliphatic rings. The Hall–Kier alpha value is -1.58. The maximum atomic E-state index is 12.8. The molecular formula is C15H20FNO2. The van der Waals surface area contributed by atoms with Crippen LogP contribution in [0.4, 0.5) is 4.39 Å². The van der Waals surface area contributed by atoms with Crippen LogP contribution >= 0.6 is 0 Å². The third-order valence-electron chi connectivity index (χ3n) is 3.77. The Bertz CT molecular complexity index is 442. The van der Waals surface area contributed by atoms with Gasteiger partial charge in [0.05, 0.1) is 5.56 Å². The van der Waals surface area contributed by atoms with E-state index in [0.29, 0.717) is 12.5 Å². The molecule has 104 valence electrons. The first-order valence-corrected chi connectivity index (χ1v) is 6.93. The van der Waals surface area contributed by atoms with Crippen molar-refractivity contribution in [2.24, 2.45) is 5.92 Å². The van der Waals surface area contributed by atoms with Gasteiger partial charge in [-0.05, 0) is 24.5 Å². The molecule has 0 spiro atoms. The highest BCUT2D eigenvalue weighted by molar-refractivity contribution is 5.96. The zero-order valence-corrected chi connectivity index (χ0v) is 11.0. The first-order chi connectivity index (χ1) is 9.16. The Morgan fingerprint density at radius 2 is 2.05 bits per heavy atom. The second kappa shape index (κ2) is 6.55. The molecule has 4 heteroatoms. The molecule has 0 unspecified atom stereocenters. The van der Waals surface area contributed by atoms with Gasteiger partial charge in [-0.1, -0.05) is 32.1 Å². The lowest BCUT2D eigenvalue weighted by Gasteiger charge is -2.21. The van der Waals surface area contributed by atoms with Gasteiger partial charge in [-0.15, -0.1) is 0 Å². The summed E-state index contributed by atoms with van der Waals surface area (Å²) in [5.74, 6) is -0.490. The topological polar surface area (TPSA) is 49.3 Å². The molecule has 0 radical (unpaired) electrons. The van der Waals surface area contributed by atoms with E-state index in [1.807, 2.05) is 0 Å². The average Bonchev–Trinajstić information content (AvgIpc) is 2.39. The normalized spacial score (nSPS) is 16.3. The predicted octanol–water partition coefficient (Wildman–Crippen LogP) is 3.23. The number of halogens is 1. The maximum absolute atomic E-state index is 12.8. The summed E-state index contributed by atoms with van der Waals surface area (Å²) < 4.78 is 12.8. The Morgan fingerprint density at radius 3 is 2.74 bits per heavy atom. The van der Waals surface area contributed by atoms with Crippen molar-refractivity contribution in [3.8, 4) is 5.75 Å². The fourth-order valence-electron chi connectivity index (χ4n) is 2.66. The number of aromatic hydroxyl groups is 1. The van der Waals surface area contributed by atoms with Crippen molar-refractivity contribution in [3.63, 3.8) is 0 Å². The highest BCUT2D eigenvalue weighted by Crippen LogP contribution is 2.25. The molecule has 19 heavy (non-hydrogen) atoms. The van der Waals surface area contributed by atoms with Gasteiger partial charge in [0.1, 0.15) is 11.6 Å². The lowest BCUT2D eigenvalue weighted by molar-refractivity contribution is 0.0947. The van der Waals surface area contributed by atoms with Crippen LogP contribution in [0, 0.1) is 11.7 Å². The van der Waals surface area contributed by atoms with Gasteiger partial charge in [0.2, 0.25) is 0 Å². The molecule has 1 aromatic carbocycles. The van der Waals surface area contributed by atoms with Crippen molar-refractivity contribution < 1.29 is 14.3 Å². The van der Waals surface area contributed by atoms with E-state index < -0.39 is 5.82 Å². The molecule has 2 N–H and O–H groups in total. The number of rotatable bonds is 4. The van der Waals surface area contributed by atoms with Gasteiger partial charge in [-0.2, -0.15) is 0 Å². The molecule has 0 heterocycles. The van der Waals surface area contributed by atoms with Gasteiger partial charge < -0.3 is 10.4 Å². The maximum Gasteiger partial charge on any atom is 0.255 e. The molecule has 1 saturated carbocycles. The van der Waals surface area contributed by atoms with E-state index in [1.165, 1.54) is 44.2 Å². The smallest absolute Gasteiger partial charge is 0.255 e. The molecule has 3 nitrogen and oxygen atoms in total. The number of phenols is 1. The lowest BCUT2D eigenvalue weighted by Crippen LogP contribution is -2.26. The third-order valence-corrected chi connectivity index (χ3v) is 3.77. The van der Waals surface area contributed by atoms with Crippen LogP contribution in [0.15, 0.2) is 18.2 Å². The van der Waals surface area contributed by atoms with Gasteiger partial charge in [0.15, 0.2) is 0 Å². The average molecular weight is 265 g/mol. The van der Waals surface area contributed by atoms with Crippen LogP contribution in [0.2, 0.25) is 0 Å². The van der Waals surface area contributed by atoms with Crippen LogP contribution in [0.3, 0.4) is 0 Å². The quantitative estimate of drug-likeness (QED) is 0.878. The number of hydrogen-bond acceptors (Lipinski definition) is 2. The summed E-state index contributed by atoms with van der Waals surface area (Å²) >= 11 is 0. The standard InChI is InChI=1S/C15H20FNO2/c16-12-6-7-13(14(18)10-12)15(19)17-9-8-11-4-2-1-3-5-11/h6-7,10-11,18H,1-5,8-9H2,(H,17,19). The van der Waals surface area contributed by atoms with Crippen molar-refractivity contribution in [2.75, 3.05) is 6.54 Å². The predicted molar refractivity (Wildman–Crippen MR) is 71.6 cm³/mol. The van der Waals surface area contributed by atoms with Gasteiger partial charge in [0.25, 0.3) is 5.91 Å². The minimum atomic E-state index is -0.545.